The summed E-state index contributed by atoms with van der Waals surface area (Å²) in [6.07, 6.45) is 1.23. The van der Waals surface area contributed by atoms with E-state index >= 15 is 0 Å². The molecule has 1 aromatic carbocycles. The molecular formula is C15H22N2O3S. The molecule has 1 amide bonds. The Labute approximate surface area is 128 Å². The van der Waals surface area contributed by atoms with Crippen molar-refractivity contribution in [3.8, 4) is 0 Å². The molecule has 1 aliphatic rings. The first-order valence-electron chi connectivity index (χ1n) is 7.11. The van der Waals surface area contributed by atoms with Crippen LogP contribution < -0.4 is 0 Å². The molecule has 5 nitrogen and oxygen atoms in total. The normalized spacial score (nSPS) is 17.8. The first-order valence-corrected chi connectivity index (χ1v) is 8.28. The third kappa shape index (κ3) is 4.54. The largest absolute Gasteiger partial charge is 0.445 e. The highest BCUT2D eigenvalue weighted by Crippen LogP contribution is 2.17. The van der Waals surface area contributed by atoms with Crippen LogP contribution in [-0.2, 0) is 22.3 Å². The molecule has 0 radical (unpaired) electrons. The van der Waals surface area contributed by atoms with E-state index in [1.165, 1.54) is 0 Å². The molecule has 1 heterocycles. The van der Waals surface area contributed by atoms with E-state index in [1.807, 2.05) is 44.4 Å². The van der Waals surface area contributed by atoms with Crippen LogP contribution in [0.15, 0.2) is 30.3 Å². The highest BCUT2D eigenvalue weighted by molar-refractivity contribution is 7.83. The Kier molecular flexibility index (Phi) is 5.76. The van der Waals surface area contributed by atoms with Crippen LogP contribution in [0.4, 0.5) is 4.79 Å². The van der Waals surface area contributed by atoms with Gasteiger partial charge in [-0.25, -0.2) is 13.3 Å². The smallest absolute Gasteiger partial charge is 0.410 e. The summed E-state index contributed by atoms with van der Waals surface area (Å²) in [4.78, 5) is 13.7. The summed E-state index contributed by atoms with van der Waals surface area (Å²) >= 11 is 0. The zero-order valence-corrected chi connectivity index (χ0v) is 13.3. The molecule has 0 N–H and O–H groups in total. The lowest BCUT2D eigenvalue weighted by atomic mass is 10.1. The molecule has 1 atom stereocenters. The molecule has 1 aromatic rings. The number of hydrogen-bond donors (Lipinski definition) is 0. The Bertz CT molecular complexity index is 485. The average Bonchev–Trinajstić information content (AvgIpc) is 2.53. The third-order valence-corrected chi connectivity index (χ3v) is 5.31. The molecule has 2 rings (SSSR count). The molecule has 21 heavy (non-hydrogen) atoms. The van der Waals surface area contributed by atoms with E-state index in [9.17, 15) is 9.00 Å². The summed E-state index contributed by atoms with van der Waals surface area (Å²) in [5, 5.41) is 0.137. The van der Waals surface area contributed by atoms with Crippen LogP contribution >= 0.6 is 0 Å². The number of rotatable bonds is 4. The maximum atomic E-state index is 12.0. The summed E-state index contributed by atoms with van der Waals surface area (Å²) in [6, 6.07) is 9.64. The minimum atomic E-state index is -0.965. The van der Waals surface area contributed by atoms with Crippen molar-refractivity contribution in [1.29, 1.82) is 0 Å². The topological polar surface area (TPSA) is 49.9 Å². The third-order valence-electron chi connectivity index (χ3n) is 3.55. The van der Waals surface area contributed by atoms with Gasteiger partial charge in [0.15, 0.2) is 0 Å². The van der Waals surface area contributed by atoms with Gasteiger partial charge < -0.3 is 9.64 Å². The van der Waals surface area contributed by atoms with Gasteiger partial charge in [-0.2, -0.15) is 0 Å². The Morgan fingerprint density at radius 1 is 1.29 bits per heavy atom. The number of nitrogens with zero attached hydrogens (tertiary/aromatic N) is 2. The van der Waals surface area contributed by atoms with Crippen LogP contribution in [0.5, 0.6) is 0 Å². The predicted octanol–water partition coefficient (Wildman–Crippen LogP) is 2.01. The molecule has 0 aliphatic carbocycles. The van der Waals surface area contributed by atoms with Gasteiger partial charge in [-0.3, -0.25) is 0 Å². The monoisotopic (exact) mass is 310 g/mol. The Morgan fingerprint density at radius 3 is 2.48 bits per heavy atom. The van der Waals surface area contributed by atoms with E-state index in [0.717, 1.165) is 18.4 Å². The van der Waals surface area contributed by atoms with Gasteiger partial charge in [0.25, 0.3) is 0 Å². The van der Waals surface area contributed by atoms with Gasteiger partial charge in [0.05, 0.1) is 16.2 Å². The Balaban J connectivity index is 1.77. The first-order chi connectivity index (χ1) is 10.1. The fourth-order valence-corrected chi connectivity index (χ4v) is 3.56. The molecule has 6 heteroatoms. The summed E-state index contributed by atoms with van der Waals surface area (Å²) < 4.78 is 19.0. The van der Waals surface area contributed by atoms with E-state index in [-0.39, 0.29) is 11.3 Å². The molecule has 1 unspecified atom stereocenters. The molecule has 0 aromatic heterocycles. The number of piperidine rings is 1. The maximum Gasteiger partial charge on any atom is 0.410 e. The molecule has 1 aliphatic heterocycles. The summed E-state index contributed by atoms with van der Waals surface area (Å²) in [6.45, 7) is 1.51. The molecule has 1 fully saturated rings. The number of likely N-dealkylation sites (tertiary alicyclic amines) is 1. The molecule has 0 saturated carbocycles. The van der Waals surface area contributed by atoms with Crippen molar-refractivity contribution in [3.63, 3.8) is 0 Å². The fraction of sp³-hybridized carbons (Fsp3) is 0.533. The summed E-state index contributed by atoms with van der Waals surface area (Å²) in [5.74, 6) is 0. The van der Waals surface area contributed by atoms with Gasteiger partial charge >= 0.3 is 6.09 Å². The van der Waals surface area contributed by atoms with Crippen molar-refractivity contribution in [2.75, 3.05) is 27.2 Å². The van der Waals surface area contributed by atoms with Gasteiger partial charge in [0.2, 0.25) is 0 Å². The van der Waals surface area contributed by atoms with E-state index in [1.54, 1.807) is 9.21 Å². The highest BCUT2D eigenvalue weighted by Gasteiger charge is 2.28. The van der Waals surface area contributed by atoms with E-state index in [4.69, 9.17) is 4.74 Å². The zero-order chi connectivity index (χ0) is 15.2. The molecule has 0 bridgehead atoms. The second kappa shape index (κ2) is 7.56. The fourth-order valence-electron chi connectivity index (χ4n) is 2.35. The number of amides is 1. The van der Waals surface area contributed by atoms with Crippen molar-refractivity contribution in [1.82, 2.24) is 9.21 Å². The number of ether oxygens (including phenoxy) is 1. The number of carbonyl (C=O) groups excluding carboxylic acids is 1. The lowest BCUT2D eigenvalue weighted by Crippen LogP contribution is -2.43. The second-order valence-corrected chi connectivity index (χ2v) is 7.26. The van der Waals surface area contributed by atoms with E-state index in [2.05, 4.69) is 0 Å². The van der Waals surface area contributed by atoms with Crippen LogP contribution in [0.1, 0.15) is 18.4 Å². The average molecular weight is 310 g/mol. The summed E-state index contributed by atoms with van der Waals surface area (Å²) in [7, 11) is 2.67. The number of benzene rings is 1. The Morgan fingerprint density at radius 2 is 1.90 bits per heavy atom. The van der Waals surface area contributed by atoms with Gasteiger partial charge in [-0.1, -0.05) is 30.3 Å². The van der Waals surface area contributed by atoms with Crippen LogP contribution in [0.3, 0.4) is 0 Å². The minimum Gasteiger partial charge on any atom is -0.445 e. The van der Waals surface area contributed by atoms with Gasteiger partial charge in [-0.15, -0.1) is 0 Å². The van der Waals surface area contributed by atoms with E-state index < -0.39 is 11.0 Å². The zero-order valence-electron chi connectivity index (χ0n) is 12.5. The minimum absolute atomic E-state index is 0.137. The maximum absolute atomic E-state index is 12.0. The lowest BCUT2D eigenvalue weighted by molar-refractivity contribution is 0.0898. The predicted molar refractivity (Wildman–Crippen MR) is 83.1 cm³/mol. The summed E-state index contributed by atoms with van der Waals surface area (Å²) in [5.41, 5.74) is 0.981. The van der Waals surface area contributed by atoms with Crippen LogP contribution in [0.2, 0.25) is 0 Å². The standard InChI is InChI=1S/C15H22N2O3S/c1-16(2)21(19)14-8-10-17(11-9-14)15(18)20-12-13-6-4-3-5-7-13/h3-7,14H,8-12H2,1-2H3. The SMILES string of the molecule is CN(C)S(=O)C1CCN(C(=O)OCc2ccccc2)CC1. The molecule has 1 saturated heterocycles. The molecule has 0 spiro atoms. The van der Waals surface area contributed by atoms with Crippen molar-refractivity contribution in [2.24, 2.45) is 0 Å². The quantitative estimate of drug-likeness (QED) is 0.855. The Hall–Kier alpha value is -1.40. The van der Waals surface area contributed by atoms with Crippen molar-refractivity contribution in [3.05, 3.63) is 35.9 Å². The van der Waals surface area contributed by atoms with Crippen LogP contribution in [0, 0.1) is 0 Å². The van der Waals surface area contributed by atoms with Crippen LogP contribution in [0.25, 0.3) is 0 Å². The highest BCUT2D eigenvalue weighted by atomic mass is 32.2. The molecule has 116 valence electrons. The van der Waals surface area contributed by atoms with Gasteiger partial charge in [-0.05, 0) is 32.5 Å². The van der Waals surface area contributed by atoms with Crippen molar-refractivity contribution in [2.45, 2.75) is 24.7 Å². The van der Waals surface area contributed by atoms with Gasteiger partial charge in [0.1, 0.15) is 6.61 Å². The van der Waals surface area contributed by atoms with Crippen LogP contribution in [-0.4, -0.2) is 51.9 Å². The second-order valence-electron chi connectivity index (χ2n) is 5.32. The molecular weight excluding hydrogens is 288 g/mol. The number of carbonyl (C=O) groups is 1. The lowest BCUT2D eigenvalue weighted by Gasteiger charge is -2.31. The van der Waals surface area contributed by atoms with Crippen molar-refractivity contribution < 1.29 is 13.7 Å². The first kappa shape index (κ1) is 16.0. The van der Waals surface area contributed by atoms with Gasteiger partial charge in [0, 0.05) is 13.1 Å². The van der Waals surface area contributed by atoms with E-state index in [0.29, 0.717) is 19.7 Å². The number of hydrogen-bond acceptors (Lipinski definition) is 3. The van der Waals surface area contributed by atoms with Crippen molar-refractivity contribution >= 4 is 17.1 Å².